The minimum atomic E-state index is -0.127. The Bertz CT molecular complexity index is 2000. The van der Waals surface area contributed by atoms with Crippen LogP contribution >= 0.6 is 15.9 Å². The van der Waals surface area contributed by atoms with E-state index in [1.807, 2.05) is 12.3 Å². The molecule has 59 heavy (non-hydrogen) atoms. The molecule has 1 atom stereocenters. The number of hydrogen-bond donors (Lipinski definition) is 0. The van der Waals surface area contributed by atoms with Crippen LogP contribution in [0.1, 0.15) is 160 Å². The van der Waals surface area contributed by atoms with Crippen LogP contribution in [0.4, 0.5) is 0 Å². The van der Waals surface area contributed by atoms with Gasteiger partial charge in [0.1, 0.15) is 5.75 Å². The maximum atomic E-state index is 6.12. The Balaban J connectivity index is 1.18. The summed E-state index contributed by atoms with van der Waals surface area (Å²) < 4.78 is 13.0. The fraction of sp³-hybridized carbons (Fsp3) is 0.473. The van der Waals surface area contributed by atoms with Crippen molar-refractivity contribution in [2.75, 3.05) is 6.61 Å². The molecule has 0 saturated carbocycles. The quantitative estimate of drug-likeness (QED) is 0.0614. The van der Waals surface area contributed by atoms with Crippen molar-refractivity contribution in [2.45, 2.75) is 160 Å². The Kier molecular flexibility index (Phi) is 16.3. The number of ether oxygens (including phenoxy) is 2. The topological polar surface area (TPSA) is 31.4 Å². The molecule has 4 aromatic carbocycles. The van der Waals surface area contributed by atoms with E-state index in [0.717, 1.165) is 41.8 Å². The largest absolute Gasteiger partial charge is 0.465 e. The summed E-state index contributed by atoms with van der Waals surface area (Å²) in [5.41, 5.74) is 13.0. The van der Waals surface area contributed by atoms with Crippen molar-refractivity contribution < 1.29 is 9.47 Å². The van der Waals surface area contributed by atoms with Crippen LogP contribution in [-0.4, -0.2) is 17.9 Å². The van der Waals surface area contributed by atoms with Crippen molar-refractivity contribution in [3.05, 3.63) is 119 Å². The molecule has 3 nitrogen and oxygen atoms in total. The summed E-state index contributed by atoms with van der Waals surface area (Å²) in [5, 5.41) is 0. The van der Waals surface area contributed by atoms with Gasteiger partial charge in [-0.25, -0.2) is 0 Å². The zero-order valence-electron chi connectivity index (χ0n) is 36.1. The molecule has 4 heteroatoms. The Morgan fingerprint density at radius 3 is 1.71 bits per heavy atom. The lowest BCUT2D eigenvalue weighted by Gasteiger charge is -2.33. The first kappa shape index (κ1) is 43.4. The van der Waals surface area contributed by atoms with Crippen LogP contribution in [0.2, 0.25) is 0 Å². The Labute approximate surface area is 364 Å². The predicted octanol–water partition coefficient (Wildman–Crippen LogP) is 17.1. The van der Waals surface area contributed by atoms with E-state index in [2.05, 4.69) is 121 Å². The van der Waals surface area contributed by atoms with E-state index in [0.29, 0.717) is 0 Å². The molecule has 1 aromatic heterocycles. The van der Waals surface area contributed by atoms with Gasteiger partial charge in [0.15, 0.2) is 6.29 Å². The summed E-state index contributed by atoms with van der Waals surface area (Å²) in [6.07, 6.45) is 28.8. The third kappa shape index (κ3) is 11.2. The summed E-state index contributed by atoms with van der Waals surface area (Å²) in [7, 11) is 0. The number of halogens is 1. The fourth-order valence-corrected chi connectivity index (χ4v) is 10.3. The highest BCUT2D eigenvalue weighted by Crippen LogP contribution is 2.56. The first-order valence-corrected chi connectivity index (χ1v) is 24.3. The summed E-state index contributed by atoms with van der Waals surface area (Å²) in [6, 6.07) is 36.3. The maximum Gasteiger partial charge on any atom is 0.199 e. The number of hydrogen-bond acceptors (Lipinski definition) is 3. The molecule has 2 aliphatic rings. The van der Waals surface area contributed by atoms with Crippen LogP contribution in [0.25, 0.3) is 44.6 Å². The molecule has 0 spiro atoms. The number of nitrogens with zero attached hydrogens (tertiary/aromatic N) is 1. The van der Waals surface area contributed by atoms with E-state index in [-0.39, 0.29) is 11.7 Å². The monoisotopic (exact) mass is 853 g/mol. The summed E-state index contributed by atoms with van der Waals surface area (Å²) in [4.78, 5) is 4.84. The minimum absolute atomic E-state index is 0.0260. The number of fused-ring (bicyclic) bond motifs is 3. The molecule has 312 valence electrons. The van der Waals surface area contributed by atoms with Crippen LogP contribution < -0.4 is 4.74 Å². The third-order valence-corrected chi connectivity index (χ3v) is 13.8. The van der Waals surface area contributed by atoms with Crippen LogP contribution in [0, 0.1) is 0 Å². The van der Waals surface area contributed by atoms with Crippen molar-refractivity contribution >= 4 is 15.9 Å². The lowest BCUT2D eigenvalue weighted by atomic mass is 9.70. The zero-order valence-corrected chi connectivity index (χ0v) is 37.7. The molecule has 1 unspecified atom stereocenters. The van der Waals surface area contributed by atoms with Gasteiger partial charge in [-0.2, -0.15) is 0 Å². The number of benzene rings is 4. The van der Waals surface area contributed by atoms with Gasteiger partial charge >= 0.3 is 0 Å². The first-order chi connectivity index (χ1) is 29.1. The lowest BCUT2D eigenvalue weighted by Crippen LogP contribution is -2.25. The Morgan fingerprint density at radius 2 is 1.14 bits per heavy atom. The standard InChI is InChI=1S/C55H68BrNO2/c1-3-5-7-9-11-13-15-19-35-55(36-20-16-14-12-10-8-6-4-2)50-39-45(31-34-47(50)48-41-52(56)49(40-51(48)55)53-23-17-21-37-57-53)44-27-25-42(26-28-44)43-29-32-46(33-30-43)59-54-24-18-22-38-58-54/h17,21,23,25-34,37,39-41,54H,3-16,18-20,22,24,35-36,38H2,1-2H3. The molecule has 1 saturated heterocycles. The highest BCUT2D eigenvalue weighted by atomic mass is 79.9. The molecule has 1 aliphatic carbocycles. The van der Waals surface area contributed by atoms with Gasteiger partial charge in [0, 0.05) is 28.1 Å². The second-order valence-corrected chi connectivity index (χ2v) is 18.3. The van der Waals surface area contributed by atoms with Gasteiger partial charge in [0.25, 0.3) is 0 Å². The van der Waals surface area contributed by atoms with E-state index < -0.39 is 0 Å². The number of rotatable bonds is 23. The van der Waals surface area contributed by atoms with E-state index >= 15 is 0 Å². The molecule has 1 fully saturated rings. The van der Waals surface area contributed by atoms with Crippen LogP contribution in [0.3, 0.4) is 0 Å². The second kappa shape index (κ2) is 22.2. The van der Waals surface area contributed by atoms with E-state index in [4.69, 9.17) is 14.5 Å². The molecular formula is C55H68BrNO2. The van der Waals surface area contributed by atoms with Crippen LogP contribution in [-0.2, 0) is 10.2 Å². The molecular weight excluding hydrogens is 787 g/mol. The van der Waals surface area contributed by atoms with Crippen molar-refractivity contribution in [3.8, 4) is 50.4 Å². The first-order valence-electron chi connectivity index (χ1n) is 23.5. The number of aromatic nitrogens is 1. The fourth-order valence-electron chi connectivity index (χ4n) is 9.73. The normalized spacial score (nSPS) is 15.5. The van der Waals surface area contributed by atoms with Gasteiger partial charge in [0.2, 0.25) is 0 Å². The van der Waals surface area contributed by atoms with Crippen molar-refractivity contribution in [1.29, 1.82) is 0 Å². The summed E-state index contributed by atoms with van der Waals surface area (Å²) in [5.74, 6) is 0.873. The number of pyridine rings is 1. The summed E-state index contributed by atoms with van der Waals surface area (Å²) >= 11 is 4.02. The smallest absolute Gasteiger partial charge is 0.199 e. The van der Waals surface area contributed by atoms with Crippen molar-refractivity contribution in [2.24, 2.45) is 0 Å². The molecule has 0 amide bonds. The Hall–Kier alpha value is -3.73. The van der Waals surface area contributed by atoms with Gasteiger partial charge in [-0.3, -0.25) is 4.98 Å². The molecule has 7 rings (SSSR count). The second-order valence-electron chi connectivity index (χ2n) is 17.4. The summed E-state index contributed by atoms with van der Waals surface area (Å²) in [6.45, 7) is 5.41. The van der Waals surface area contributed by atoms with Gasteiger partial charge < -0.3 is 9.47 Å². The Morgan fingerprint density at radius 1 is 0.576 bits per heavy atom. The van der Waals surface area contributed by atoms with Crippen molar-refractivity contribution in [3.63, 3.8) is 0 Å². The van der Waals surface area contributed by atoms with Crippen LogP contribution in [0.5, 0.6) is 5.75 Å². The van der Waals surface area contributed by atoms with E-state index in [1.54, 1.807) is 0 Å². The van der Waals surface area contributed by atoms with Crippen LogP contribution in [0.15, 0.2) is 108 Å². The molecule has 2 heterocycles. The predicted molar refractivity (Wildman–Crippen MR) is 253 cm³/mol. The molecule has 0 bridgehead atoms. The molecule has 1 aliphatic heterocycles. The zero-order chi connectivity index (χ0) is 40.7. The maximum absolute atomic E-state index is 6.12. The average molecular weight is 855 g/mol. The highest BCUT2D eigenvalue weighted by molar-refractivity contribution is 9.10. The van der Waals surface area contributed by atoms with Gasteiger partial charge in [-0.05, 0) is 113 Å². The minimum Gasteiger partial charge on any atom is -0.465 e. The molecule has 5 aromatic rings. The third-order valence-electron chi connectivity index (χ3n) is 13.1. The SMILES string of the molecule is CCCCCCCCCCC1(CCCCCCCCCC)c2cc(-c3ccc(-c4ccc(OC5CCCCO5)cc4)cc3)ccc2-c2cc(Br)c(-c3ccccn3)cc21. The van der Waals surface area contributed by atoms with Gasteiger partial charge in [-0.15, -0.1) is 0 Å². The lowest BCUT2D eigenvalue weighted by molar-refractivity contribution is -0.105. The molecule has 0 radical (unpaired) electrons. The van der Waals surface area contributed by atoms with E-state index in [1.165, 1.54) is 166 Å². The van der Waals surface area contributed by atoms with E-state index in [9.17, 15) is 0 Å². The van der Waals surface area contributed by atoms with Gasteiger partial charge in [0.05, 0.1) is 12.3 Å². The highest BCUT2D eigenvalue weighted by Gasteiger charge is 2.43. The molecule has 0 N–H and O–H groups in total. The van der Waals surface area contributed by atoms with Gasteiger partial charge in [-0.1, -0.05) is 187 Å². The average Bonchev–Trinajstić information content (AvgIpc) is 3.53. The number of unbranched alkanes of at least 4 members (excludes halogenated alkanes) is 14. The van der Waals surface area contributed by atoms with Crippen molar-refractivity contribution in [1.82, 2.24) is 4.98 Å².